The quantitative estimate of drug-likeness (QED) is 0.146. The first-order valence-corrected chi connectivity index (χ1v) is 13.8. The van der Waals surface area contributed by atoms with E-state index in [0.717, 1.165) is 29.4 Å². The van der Waals surface area contributed by atoms with E-state index < -0.39 is 6.36 Å². The molecule has 1 saturated carbocycles. The van der Waals surface area contributed by atoms with Crippen LogP contribution < -0.4 is 15.9 Å². The van der Waals surface area contributed by atoms with Crippen molar-refractivity contribution < 1.29 is 22.5 Å². The maximum Gasteiger partial charge on any atom is 0.573 e. The number of benzene rings is 3. The van der Waals surface area contributed by atoms with Crippen LogP contribution >= 0.6 is 11.8 Å². The number of hydrazone groups is 1. The lowest BCUT2D eigenvalue weighted by Gasteiger charge is -2.17. The fraction of sp³-hybridized carbons (Fsp3) is 0.241. The normalized spacial score (nSPS) is 16.6. The number of para-hydroxylation sites is 1. The summed E-state index contributed by atoms with van der Waals surface area (Å²) in [4.78, 5) is 8.21. The Morgan fingerprint density at radius 2 is 1.77 bits per heavy atom. The molecule has 2 aliphatic rings. The Hall–Kier alpha value is -4.12. The van der Waals surface area contributed by atoms with Gasteiger partial charge in [-0.05, 0) is 72.8 Å². The lowest BCUT2D eigenvalue weighted by molar-refractivity contribution is -0.441. The fourth-order valence-electron chi connectivity index (χ4n) is 4.23. The summed E-state index contributed by atoms with van der Waals surface area (Å²) in [7, 11) is 0. The molecule has 206 valence electrons. The number of nitrogens with one attached hydrogen (secondary N) is 1. The summed E-state index contributed by atoms with van der Waals surface area (Å²) in [6, 6.07) is 21.2. The summed E-state index contributed by atoms with van der Waals surface area (Å²) < 4.78 is 43.0. The van der Waals surface area contributed by atoms with Crippen molar-refractivity contribution in [3.63, 3.8) is 0 Å². The van der Waals surface area contributed by atoms with Gasteiger partial charge >= 0.3 is 11.5 Å². The van der Waals surface area contributed by atoms with Crippen molar-refractivity contribution in [1.82, 2.24) is 5.43 Å². The number of halogens is 3. The molecule has 0 bridgehead atoms. The largest absolute Gasteiger partial charge is 0.573 e. The van der Waals surface area contributed by atoms with E-state index in [1.165, 1.54) is 54.7 Å². The standard InChI is InChI=1S/C29H27F3N6OS/c30-29(31,32)39-24-14-12-23(13-15-24)34-19-35-27(33)22-8-6-20(7-9-22)18-36-37-28-38(16-3-17-40-28)26-5-2-1-4-25(26)21-10-11-21/h1-2,4-9,12-15,18-19,21H,3,10-11,16-17H2,(H2,33,34,35)/p+1/b36-18+. The van der Waals surface area contributed by atoms with Gasteiger partial charge in [-0.2, -0.15) is 0 Å². The Labute approximate surface area is 234 Å². The van der Waals surface area contributed by atoms with Crippen LogP contribution in [0.1, 0.15) is 41.9 Å². The van der Waals surface area contributed by atoms with Crippen LogP contribution in [-0.2, 0) is 0 Å². The second-order valence-electron chi connectivity index (χ2n) is 9.28. The molecule has 0 radical (unpaired) electrons. The highest BCUT2D eigenvalue weighted by Crippen LogP contribution is 2.44. The van der Waals surface area contributed by atoms with Crippen molar-refractivity contribution >= 4 is 46.7 Å². The number of aliphatic imine (C=N–C) groups is 2. The van der Waals surface area contributed by atoms with E-state index in [2.05, 4.69) is 54.1 Å². The highest BCUT2D eigenvalue weighted by atomic mass is 32.2. The first-order chi connectivity index (χ1) is 19.4. The number of hydrogen-bond acceptors (Lipinski definition) is 5. The molecule has 0 saturated heterocycles. The number of alkyl halides is 3. The molecule has 5 rings (SSSR count). The molecular formula is C29H28F3N6OS+. The van der Waals surface area contributed by atoms with Gasteiger partial charge in [-0.1, -0.05) is 47.6 Å². The second kappa shape index (κ2) is 12.4. The molecule has 0 spiro atoms. The second-order valence-corrected chi connectivity index (χ2v) is 10.4. The van der Waals surface area contributed by atoms with Crippen LogP contribution in [0.15, 0.2) is 87.9 Å². The highest BCUT2D eigenvalue weighted by Gasteiger charge is 2.31. The van der Waals surface area contributed by atoms with Crippen LogP contribution in [0.3, 0.4) is 0 Å². The third-order valence-electron chi connectivity index (χ3n) is 6.31. The molecule has 7 nitrogen and oxygen atoms in total. The minimum atomic E-state index is -4.74. The summed E-state index contributed by atoms with van der Waals surface area (Å²) in [6.45, 7) is 0.961. The van der Waals surface area contributed by atoms with Crippen LogP contribution in [0.2, 0.25) is 0 Å². The maximum absolute atomic E-state index is 12.3. The molecule has 3 N–H and O–H groups in total. The number of amidine groups is 2. The van der Waals surface area contributed by atoms with Gasteiger partial charge in [0, 0.05) is 16.9 Å². The van der Waals surface area contributed by atoms with Crippen LogP contribution in [0.5, 0.6) is 5.75 Å². The van der Waals surface area contributed by atoms with Crippen LogP contribution in [0.4, 0.5) is 24.5 Å². The minimum Gasteiger partial charge on any atom is -0.406 e. The molecule has 40 heavy (non-hydrogen) atoms. The van der Waals surface area contributed by atoms with Crippen LogP contribution in [0, 0.1) is 0 Å². The summed E-state index contributed by atoms with van der Waals surface area (Å²) in [5, 5.41) is 5.52. The summed E-state index contributed by atoms with van der Waals surface area (Å²) in [5.74, 6) is 1.65. The van der Waals surface area contributed by atoms with Crippen molar-refractivity contribution in [2.45, 2.75) is 31.5 Å². The van der Waals surface area contributed by atoms with Gasteiger partial charge in [0.15, 0.2) is 0 Å². The van der Waals surface area contributed by atoms with E-state index in [0.29, 0.717) is 17.2 Å². The Bertz CT molecular complexity index is 1450. The molecule has 1 aliphatic heterocycles. The highest BCUT2D eigenvalue weighted by molar-refractivity contribution is 8.13. The smallest absolute Gasteiger partial charge is 0.406 e. The number of thioether (sulfide) groups is 1. The lowest BCUT2D eigenvalue weighted by atomic mass is 10.1. The number of ether oxygens (including phenoxy) is 1. The zero-order valence-corrected chi connectivity index (χ0v) is 22.3. The van der Waals surface area contributed by atoms with Gasteiger partial charge in [0.2, 0.25) is 0 Å². The number of rotatable bonds is 8. The van der Waals surface area contributed by atoms with Crippen molar-refractivity contribution in [1.29, 1.82) is 0 Å². The molecule has 3 aromatic carbocycles. The molecule has 0 atom stereocenters. The number of hydrogen-bond donors (Lipinski definition) is 2. The average Bonchev–Trinajstić information content (AvgIpc) is 3.80. The minimum absolute atomic E-state index is 0.251. The van der Waals surface area contributed by atoms with Gasteiger partial charge < -0.3 is 10.5 Å². The van der Waals surface area contributed by atoms with Crippen molar-refractivity contribution in [3.8, 4) is 5.75 Å². The van der Waals surface area contributed by atoms with Crippen molar-refractivity contribution in [2.24, 2.45) is 20.8 Å². The molecule has 11 heteroatoms. The van der Waals surface area contributed by atoms with Gasteiger partial charge in [-0.15, -0.1) is 18.6 Å². The SMILES string of the molecule is NC(=NC=Nc1ccc(OC(F)(F)F)cc1)c1ccc(/C=N/NC2=[N+](c3ccccc3C3CC3)CCCS2)cc1. The van der Waals surface area contributed by atoms with Crippen LogP contribution in [0.25, 0.3) is 0 Å². The maximum atomic E-state index is 12.3. The molecular weight excluding hydrogens is 537 g/mol. The van der Waals surface area contributed by atoms with Gasteiger partial charge in [-0.3, -0.25) is 0 Å². The molecule has 1 fully saturated rings. The monoisotopic (exact) mass is 565 g/mol. The van der Waals surface area contributed by atoms with E-state index in [1.807, 2.05) is 24.3 Å². The van der Waals surface area contributed by atoms with E-state index in [-0.39, 0.29) is 11.6 Å². The zero-order valence-electron chi connectivity index (χ0n) is 21.5. The summed E-state index contributed by atoms with van der Waals surface area (Å²) in [6.07, 6.45) is 1.91. The average molecular weight is 566 g/mol. The predicted molar refractivity (Wildman–Crippen MR) is 154 cm³/mol. The van der Waals surface area contributed by atoms with Gasteiger partial charge in [0.1, 0.15) is 23.6 Å². The first-order valence-electron chi connectivity index (χ1n) is 12.8. The van der Waals surface area contributed by atoms with E-state index in [1.54, 1.807) is 18.0 Å². The Morgan fingerprint density at radius 1 is 1.02 bits per heavy atom. The van der Waals surface area contributed by atoms with Gasteiger partial charge in [0.05, 0.1) is 18.4 Å². The first kappa shape index (κ1) is 27.4. The Balaban J connectivity index is 1.20. The molecule has 1 aliphatic carbocycles. The number of nitrogens with zero attached hydrogens (tertiary/aromatic N) is 4. The zero-order chi connectivity index (χ0) is 28.0. The molecule has 0 unspecified atom stereocenters. The Kier molecular flexibility index (Phi) is 8.49. The number of nitrogens with two attached hydrogens (primary N) is 1. The van der Waals surface area contributed by atoms with Crippen molar-refractivity contribution in [2.75, 3.05) is 12.3 Å². The van der Waals surface area contributed by atoms with Gasteiger partial charge in [0.25, 0.3) is 0 Å². The van der Waals surface area contributed by atoms with Crippen molar-refractivity contribution in [3.05, 3.63) is 89.5 Å². The van der Waals surface area contributed by atoms with E-state index in [4.69, 9.17) is 5.73 Å². The van der Waals surface area contributed by atoms with Gasteiger partial charge in [-0.25, -0.2) is 14.6 Å². The van der Waals surface area contributed by atoms with E-state index >= 15 is 0 Å². The molecule has 0 amide bonds. The predicted octanol–water partition coefficient (Wildman–Crippen LogP) is 6.29. The molecule has 3 aromatic rings. The van der Waals surface area contributed by atoms with E-state index in [9.17, 15) is 13.2 Å². The third-order valence-corrected chi connectivity index (χ3v) is 7.39. The Morgan fingerprint density at radius 3 is 2.50 bits per heavy atom. The summed E-state index contributed by atoms with van der Waals surface area (Å²) >= 11 is 1.78. The summed E-state index contributed by atoms with van der Waals surface area (Å²) in [5.41, 5.74) is 14.0. The van der Waals surface area contributed by atoms with Crippen LogP contribution in [-0.4, -0.2) is 46.8 Å². The fourth-order valence-corrected chi connectivity index (χ4v) is 5.16. The topological polar surface area (TPSA) is 87.4 Å². The lowest BCUT2D eigenvalue weighted by Crippen LogP contribution is -2.30. The molecule has 0 aromatic heterocycles. The third kappa shape index (κ3) is 7.50. The molecule has 1 heterocycles.